The maximum atomic E-state index is 13.2. The van der Waals surface area contributed by atoms with Crippen molar-refractivity contribution >= 4 is 12.4 Å². The maximum Gasteiger partial charge on any atom is 0.455 e. The lowest BCUT2D eigenvalue weighted by Crippen LogP contribution is -2.45. The van der Waals surface area contributed by atoms with Gasteiger partial charge in [0, 0.05) is 0 Å². The third kappa shape index (κ3) is 3.56. The minimum Gasteiger partial charge on any atom is -0.319 e. The summed E-state index contributed by atoms with van der Waals surface area (Å²) in [6.07, 6.45) is -5.68. The highest BCUT2D eigenvalue weighted by molar-refractivity contribution is 5.85. The molecule has 0 unspecified atom stereocenters. The summed E-state index contributed by atoms with van der Waals surface area (Å²) in [6, 6.07) is 11.9. The Kier molecular flexibility index (Phi) is 5.54. The van der Waals surface area contributed by atoms with Gasteiger partial charge >= 0.3 is 12.1 Å². The molecular formula is C15H13ClF5N. The number of hydrogen-bond donors (Lipinski definition) is 1. The number of nitrogens with two attached hydrogens (primary N) is 1. The van der Waals surface area contributed by atoms with Gasteiger partial charge in [0.1, 0.15) is 6.04 Å². The topological polar surface area (TPSA) is 26.0 Å². The van der Waals surface area contributed by atoms with Crippen molar-refractivity contribution in [1.82, 2.24) is 0 Å². The van der Waals surface area contributed by atoms with Crippen LogP contribution in [0.4, 0.5) is 22.0 Å². The van der Waals surface area contributed by atoms with Crippen LogP contribution in [-0.4, -0.2) is 12.1 Å². The summed E-state index contributed by atoms with van der Waals surface area (Å²) in [7, 11) is 0. The summed E-state index contributed by atoms with van der Waals surface area (Å²) < 4.78 is 63.2. The van der Waals surface area contributed by atoms with Gasteiger partial charge in [0.25, 0.3) is 0 Å². The molecule has 0 heterocycles. The molecule has 0 fully saturated rings. The Balaban J connectivity index is 0.00000242. The van der Waals surface area contributed by atoms with Crippen molar-refractivity contribution in [3.05, 3.63) is 60.2 Å². The maximum absolute atomic E-state index is 13.2. The van der Waals surface area contributed by atoms with Crippen LogP contribution >= 0.6 is 12.4 Å². The Morgan fingerprint density at radius 3 is 1.64 bits per heavy atom. The zero-order valence-corrected chi connectivity index (χ0v) is 12.0. The molecule has 0 aliphatic rings. The smallest absolute Gasteiger partial charge is 0.319 e. The van der Waals surface area contributed by atoms with Crippen LogP contribution in [0.1, 0.15) is 11.6 Å². The molecule has 2 rings (SSSR count). The van der Waals surface area contributed by atoms with Crippen LogP contribution < -0.4 is 5.73 Å². The van der Waals surface area contributed by atoms with Gasteiger partial charge in [0.2, 0.25) is 0 Å². The van der Waals surface area contributed by atoms with Crippen molar-refractivity contribution in [3.63, 3.8) is 0 Å². The van der Waals surface area contributed by atoms with E-state index in [1.165, 1.54) is 24.3 Å². The number of halogens is 6. The van der Waals surface area contributed by atoms with Gasteiger partial charge in [-0.25, -0.2) is 0 Å². The van der Waals surface area contributed by atoms with Crippen LogP contribution in [0, 0.1) is 0 Å². The molecule has 0 saturated carbocycles. The Labute approximate surface area is 130 Å². The highest BCUT2D eigenvalue weighted by Gasteiger charge is 2.61. The van der Waals surface area contributed by atoms with Crippen molar-refractivity contribution < 1.29 is 22.0 Å². The van der Waals surface area contributed by atoms with Gasteiger partial charge in [-0.3, -0.25) is 0 Å². The average Bonchev–Trinajstić information content (AvgIpc) is 2.46. The second kappa shape index (κ2) is 6.62. The first kappa shape index (κ1) is 18.4. The second-order valence-electron chi connectivity index (χ2n) is 4.59. The van der Waals surface area contributed by atoms with Crippen LogP contribution in [0.25, 0.3) is 11.1 Å². The van der Waals surface area contributed by atoms with Crippen molar-refractivity contribution in [2.45, 2.75) is 18.1 Å². The highest BCUT2D eigenvalue weighted by Crippen LogP contribution is 2.43. The predicted octanol–water partition coefficient (Wildman–Crippen LogP) is 4.97. The van der Waals surface area contributed by atoms with Gasteiger partial charge in [-0.15, -0.1) is 12.4 Å². The fourth-order valence-corrected chi connectivity index (χ4v) is 1.90. The molecule has 0 aromatic heterocycles. The largest absolute Gasteiger partial charge is 0.455 e. The highest BCUT2D eigenvalue weighted by atomic mass is 35.5. The Hall–Kier alpha value is -1.66. The van der Waals surface area contributed by atoms with Gasteiger partial charge in [-0.2, -0.15) is 22.0 Å². The third-order valence-corrected chi connectivity index (χ3v) is 3.15. The molecule has 1 atom stereocenters. The zero-order chi connectivity index (χ0) is 15.7. The quantitative estimate of drug-likeness (QED) is 0.786. The summed E-state index contributed by atoms with van der Waals surface area (Å²) in [5.41, 5.74) is 6.35. The summed E-state index contributed by atoms with van der Waals surface area (Å²) in [5, 5.41) is 0. The first-order valence-corrected chi connectivity index (χ1v) is 6.09. The van der Waals surface area contributed by atoms with E-state index < -0.39 is 18.1 Å². The van der Waals surface area contributed by atoms with Gasteiger partial charge in [0.15, 0.2) is 0 Å². The molecule has 2 aromatic rings. The molecule has 22 heavy (non-hydrogen) atoms. The molecule has 2 N–H and O–H groups in total. The van der Waals surface area contributed by atoms with E-state index in [4.69, 9.17) is 5.73 Å². The Morgan fingerprint density at radius 2 is 1.18 bits per heavy atom. The van der Waals surface area contributed by atoms with Gasteiger partial charge < -0.3 is 5.73 Å². The number of hydrogen-bond acceptors (Lipinski definition) is 1. The molecule has 0 radical (unpaired) electrons. The average molecular weight is 338 g/mol. The Bertz CT molecular complexity index is 596. The molecule has 0 bridgehead atoms. The van der Waals surface area contributed by atoms with Gasteiger partial charge in [-0.05, 0) is 16.7 Å². The van der Waals surface area contributed by atoms with E-state index in [0.717, 1.165) is 5.56 Å². The molecule has 0 amide bonds. The normalized spacial score (nSPS) is 13.4. The monoisotopic (exact) mass is 337 g/mol. The van der Waals surface area contributed by atoms with Crippen molar-refractivity contribution in [3.8, 4) is 11.1 Å². The van der Waals surface area contributed by atoms with E-state index >= 15 is 0 Å². The number of alkyl halides is 5. The van der Waals surface area contributed by atoms with Crippen molar-refractivity contribution in [1.29, 1.82) is 0 Å². The van der Waals surface area contributed by atoms with E-state index in [1.807, 2.05) is 6.07 Å². The van der Waals surface area contributed by atoms with Crippen LogP contribution in [-0.2, 0) is 0 Å². The Morgan fingerprint density at radius 1 is 0.727 bits per heavy atom. The lowest BCUT2D eigenvalue weighted by molar-refractivity contribution is -0.291. The van der Waals surface area contributed by atoms with Crippen LogP contribution in [0.5, 0.6) is 0 Å². The second-order valence-corrected chi connectivity index (χ2v) is 4.59. The van der Waals surface area contributed by atoms with Gasteiger partial charge in [0.05, 0.1) is 0 Å². The molecule has 7 heteroatoms. The molecule has 120 valence electrons. The first-order valence-electron chi connectivity index (χ1n) is 6.09. The minimum absolute atomic E-state index is 0. The molecule has 2 aromatic carbocycles. The lowest BCUT2D eigenvalue weighted by atomic mass is 9.97. The molecule has 0 aliphatic carbocycles. The molecule has 0 spiro atoms. The summed E-state index contributed by atoms with van der Waals surface area (Å²) in [6.45, 7) is 0. The van der Waals surface area contributed by atoms with Crippen molar-refractivity contribution in [2.24, 2.45) is 5.73 Å². The zero-order valence-electron chi connectivity index (χ0n) is 11.1. The summed E-state index contributed by atoms with van der Waals surface area (Å²) in [5.74, 6) is -4.97. The fraction of sp³-hybridized carbons (Fsp3) is 0.200. The standard InChI is InChI=1S/C15H12F5N.ClH/c16-14(17,15(18,19)20)13(21)12-8-6-11(7-9-12)10-4-2-1-3-5-10;/h1-9,13H,21H2;1H/t13-;/m1./s1. The van der Waals surface area contributed by atoms with Crippen LogP contribution in [0.15, 0.2) is 54.6 Å². The van der Waals surface area contributed by atoms with E-state index in [-0.39, 0.29) is 18.0 Å². The van der Waals surface area contributed by atoms with Crippen LogP contribution in [0.3, 0.4) is 0 Å². The van der Waals surface area contributed by atoms with E-state index in [2.05, 4.69) is 0 Å². The SMILES string of the molecule is Cl.N[C@H](c1ccc(-c2ccccc2)cc1)C(F)(F)C(F)(F)F. The van der Waals surface area contributed by atoms with E-state index in [1.54, 1.807) is 24.3 Å². The predicted molar refractivity (Wildman–Crippen MR) is 77.1 cm³/mol. The van der Waals surface area contributed by atoms with Crippen LogP contribution in [0.2, 0.25) is 0 Å². The summed E-state index contributed by atoms with van der Waals surface area (Å²) in [4.78, 5) is 0. The lowest BCUT2D eigenvalue weighted by Gasteiger charge is -2.26. The third-order valence-electron chi connectivity index (χ3n) is 3.15. The molecule has 0 aliphatic heterocycles. The van der Waals surface area contributed by atoms with E-state index in [0.29, 0.717) is 5.56 Å². The molecular weight excluding hydrogens is 325 g/mol. The molecule has 0 saturated heterocycles. The minimum atomic E-state index is -5.68. The number of benzene rings is 2. The first-order chi connectivity index (χ1) is 9.73. The summed E-state index contributed by atoms with van der Waals surface area (Å²) >= 11 is 0. The van der Waals surface area contributed by atoms with E-state index in [9.17, 15) is 22.0 Å². The molecule has 1 nitrogen and oxygen atoms in total. The van der Waals surface area contributed by atoms with Gasteiger partial charge in [-0.1, -0.05) is 54.6 Å². The fourth-order valence-electron chi connectivity index (χ4n) is 1.90. The van der Waals surface area contributed by atoms with Crippen molar-refractivity contribution in [2.75, 3.05) is 0 Å². The number of rotatable bonds is 3.